The number of halogens is 3. The molecule has 1 aromatic heterocycles. The van der Waals surface area contributed by atoms with Crippen LogP contribution in [0.25, 0.3) is 0 Å². The van der Waals surface area contributed by atoms with Gasteiger partial charge < -0.3 is 20.2 Å². The van der Waals surface area contributed by atoms with Crippen molar-refractivity contribution in [1.82, 2.24) is 14.9 Å². The van der Waals surface area contributed by atoms with Crippen molar-refractivity contribution in [1.29, 1.82) is 0 Å². The number of hydrogen-bond acceptors (Lipinski definition) is 6. The lowest BCUT2D eigenvalue weighted by atomic mass is 9.65. The number of carboxylic acids is 1. The van der Waals surface area contributed by atoms with Gasteiger partial charge in [-0.3, -0.25) is 4.79 Å². The van der Waals surface area contributed by atoms with Crippen LogP contribution in [0.2, 0.25) is 15.1 Å². The number of hydrogen-bond donors (Lipinski definition) is 2. The van der Waals surface area contributed by atoms with E-state index in [1.807, 2.05) is 26.0 Å². The van der Waals surface area contributed by atoms with Gasteiger partial charge in [-0.1, -0.05) is 40.9 Å². The van der Waals surface area contributed by atoms with Crippen LogP contribution in [0.5, 0.6) is 0 Å². The van der Waals surface area contributed by atoms with Gasteiger partial charge in [0, 0.05) is 42.3 Å². The van der Waals surface area contributed by atoms with Gasteiger partial charge in [-0.2, -0.15) is 4.98 Å². The van der Waals surface area contributed by atoms with Crippen LogP contribution in [0.3, 0.4) is 0 Å². The number of piperidine rings is 1. The fourth-order valence-electron chi connectivity index (χ4n) is 5.79. The first-order chi connectivity index (χ1) is 17.1. The Labute approximate surface area is 227 Å². The number of rotatable bonds is 7. The number of nitrogens with one attached hydrogen (secondary N) is 1. The summed E-state index contributed by atoms with van der Waals surface area (Å²) < 4.78 is 0. The minimum atomic E-state index is -0.662. The Hall–Kier alpha value is -1.80. The molecule has 0 radical (unpaired) electrons. The first kappa shape index (κ1) is 25.8. The lowest BCUT2D eigenvalue weighted by Gasteiger charge is -2.52. The maximum Gasteiger partial charge on any atom is 0.309 e. The molecule has 1 aromatic carbocycles. The second-order valence-electron chi connectivity index (χ2n) is 10.9. The van der Waals surface area contributed by atoms with Gasteiger partial charge in [0.2, 0.25) is 5.95 Å². The van der Waals surface area contributed by atoms with Gasteiger partial charge in [0.15, 0.2) is 5.82 Å². The van der Waals surface area contributed by atoms with E-state index in [2.05, 4.69) is 20.1 Å². The number of carbonyl (C=O) groups is 1. The summed E-state index contributed by atoms with van der Waals surface area (Å²) in [6.07, 6.45) is 3.94. The highest BCUT2D eigenvalue weighted by Crippen LogP contribution is 2.45. The molecule has 3 fully saturated rings. The van der Waals surface area contributed by atoms with Crippen molar-refractivity contribution in [2.24, 2.45) is 17.3 Å². The molecule has 36 heavy (non-hydrogen) atoms. The summed E-state index contributed by atoms with van der Waals surface area (Å²) in [5, 5.41) is 14.5. The average molecular weight is 553 g/mol. The number of nitrogens with zero attached hydrogens (tertiary/aromatic N) is 4. The number of anilines is 2. The number of aromatic nitrogens is 2. The molecule has 1 atom stereocenters. The maximum atomic E-state index is 11.5. The van der Waals surface area contributed by atoms with Gasteiger partial charge in [0.05, 0.1) is 11.1 Å². The lowest BCUT2D eigenvalue weighted by molar-refractivity contribution is -0.158. The standard InChI is InChI=1S/C26H32Cl3N5O2/c1-15-22(29)23(30-11-16-5-6-19(27)8-21(16)28)32-25(31-15)34-13-18(14-34)17-4-3-7-33(12-17)20-9-26(2,10-20)24(35)36/h5-6,8,17-18,20H,3-4,7,9-14H2,1-2H3,(H,35,36)(H,30,31,32). The van der Waals surface area contributed by atoms with Crippen molar-refractivity contribution in [3.63, 3.8) is 0 Å². The van der Waals surface area contributed by atoms with E-state index in [-0.39, 0.29) is 0 Å². The van der Waals surface area contributed by atoms with Crippen LogP contribution in [-0.2, 0) is 11.3 Å². The van der Waals surface area contributed by atoms with E-state index < -0.39 is 11.4 Å². The van der Waals surface area contributed by atoms with E-state index >= 15 is 0 Å². The van der Waals surface area contributed by atoms with Gasteiger partial charge in [-0.15, -0.1) is 0 Å². The highest BCUT2D eigenvalue weighted by molar-refractivity contribution is 6.35. The Kier molecular flexibility index (Phi) is 7.29. The van der Waals surface area contributed by atoms with Gasteiger partial charge in [-0.25, -0.2) is 4.98 Å². The summed E-state index contributed by atoms with van der Waals surface area (Å²) in [6, 6.07) is 5.83. The molecule has 5 rings (SSSR count). The Morgan fingerprint density at radius 2 is 1.92 bits per heavy atom. The molecule has 3 aliphatic rings. The minimum Gasteiger partial charge on any atom is -0.481 e. The molecular weight excluding hydrogens is 521 g/mol. The third kappa shape index (κ3) is 5.13. The zero-order valence-corrected chi connectivity index (χ0v) is 22.9. The van der Waals surface area contributed by atoms with E-state index in [9.17, 15) is 9.90 Å². The fraction of sp³-hybridized carbons (Fsp3) is 0.577. The molecular formula is C26H32Cl3N5O2. The molecule has 10 heteroatoms. The van der Waals surface area contributed by atoms with Crippen LogP contribution in [0.4, 0.5) is 11.8 Å². The van der Waals surface area contributed by atoms with Gasteiger partial charge in [0.1, 0.15) is 5.02 Å². The molecule has 0 bridgehead atoms. The first-order valence-corrected chi connectivity index (χ1v) is 13.7. The highest BCUT2D eigenvalue weighted by atomic mass is 35.5. The second kappa shape index (κ2) is 10.2. The van der Waals surface area contributed by atoms with Gasteiger partial charge >= 0.3 is 5.97 Å². The van der Waals surface area contributed by atoms with Crippen molar-refractivity contribution in [2.45, 2.75) is 52.1 Å². The summed E-state index contributed by atoms with van der Waals surface area (Å²) in [4.78, 5) is 25.6. The summed E-state index contributed by atoms with van der Waals surface area (Å²) in [7, 11) is 0. The third-order valence-electron chi connectivity index (χ3n) is 8.22. The Balaban J connectivity index is 1.18. The van der Waals surface area contributed by atoms with Crippen molar-refractivity contribution in [3.8, 4) is 0 Å². The Bertz CT molecular complexity index is 1150. The third-order valence-corrected chi connectivity index (χ3v) is 9.26. The van der Waals surface area contributed by atoms with E-state index in [0.29, 0.717) is 51.3 Å². The van der Waals surface area contributed by atoms with Gasteiger partial charge in [-0.05, 0) is 75.6 Å². The summed E-state index contributed by atoms with van der Waals surface area (Å²) in [5.41, 5.74) is 1.11. The number of benzene rings is 1. The van der Waals surface area contributed by atoms with Crippen LogP contribution in [0.15, 0.2) is 18.2 Å². The largest absolute Gasteiger partial charge is 0.481 e. The molecule has 3 heterocycles. The highest BCUT2D eigenvalue weighted by Gasteiger charge is 2.49. The van der Waals surface area contributed by atoms with Crippen molar-refractivity contribution in [3.05, 3.63) is 44.5 Å². The first-order valence-electron chi connectivity index (χ1n) is 12.6. The van der Waals surface area contributed by atoms with Crippen molar-refractivity contribution in [2.75, 3.05) is 36.4 Å². The van der Waals surface area contributed by atoms with Crippen LogP contribution in [0, 0.1) is 24.2 Å². The molecule has 0 amide bonds. The maximum absolute atomic E-state index is 11.5. The predicted molar refractivity (Wildman–Crippen MR) is 144 cm³/mol. The van der Waals surface area contributed by atoms with Crippen LogP contribution < -0.4 is 10.2 Å². The summed E-state index contributed by atoms with van der Waals surface area (Å²) >= 11 is 18.8. The van der Waals surface area contributed by atoms with Crippen molar-refractivity contribution >= 4 is 52.5 Å². The van der Waals surface area contributed by atoms with E-state index in [4.69, 9.17) is 39.8 Å². The van der Waals surface area contributed by atoms with Crippen LogP contribution in [-0.4, -0.2) is 58.2 Å². The normalized spacial score (nSPS) is 26.9. The Morgan fingerprint density at radius 3 is 2.61 bits per heavy atom. The number of carboxylic acid groups (broad SMARTS) is 1. The van der Waals surface area contributed by atoms with E-state index in [0.717, 1.165) is 50.3 Å². The summed E-state index contributed by atoms with van der Waals surface area (Å²) in [6.45, 7) is 8.26. The molecule has 2 aliphatic heterocycles. The van der Waals surface area contributed by atoms with Crippen LogP contribution in [0.1, 0.15) is 43.9 Å². The number of aliphatic carboxylic acids is 1. The summed E-state index contributed by atoms with van der Waals surface area (Å²) in [5.74, 6) is 1.86. The average Bonchev–Trinajstić information content (AvgIpc) is 2.78. The molecule has 194 valence electrons. The predicted octanol–water partition coefficient (Wildman–Crippen LogP) is 5.76. The quantitative estimate of drug-likeness (QED) is 0.452. The minimum absolute atomic E-state index is 0.412. The molecule has 1 unspecified atom stereocenters. The van der Waals surface area contributed by atoms with Gasteiger partial charge in [0.25, 0.3) is 0 Å². The zero-order chi connectivity index (χ0) is 25.6. The molecule has 2 saturated heterocycles. The monoisotopic (exact) mass is 551 g/mol. The second-order valence-corrected chi connectivity index (χ2v) is 12.1. The van der Waals surface area contributed by atoms with E-state index in [1.54, 1.807) is 6.07 Å². The van der Waals surface area contributed by atoms with Crippen LogP contribution >= 0.6 is 34.8 Å². The Morgan fingerprint density at radius 1 is 1.17 bits per heavy atom. The van der Waals surface area contributed by atoms with E-state index in [1.165, 1.54) is 12.8 Å². The molecule has 2 aromatic rings. The smallest absolute Gasteiger partial charge is 0.309 e. The molecule has 7 nitrogen and oxygen atoms in total. The number of aryl methyl sites for hydroxylation is 1. The number of likely N-dealkylation sites (tertiary alicyclic amines) is 1. The zero-order valence-electron chi connectivity index (χ0n) is 20.6. The SMILES string of the molecule is Cc1nc(N2CC(C3CCCN(C4CC(C)(C(=O)O)C4)C3)C2)nc(NCc2ccc(Cl)cc2Cl)c1Cl. The van der Waals surface area contributed by atoms with Crippen molar-refractivity contribution < 1.29 is 9.90 Å². The molecule has 1 saturated carbocycles. The fourth-order valence-corrected chi connectivity index (χ4v) is 6.42. The molecule has 0 spiro atoms. The molecule has 2 N–H and O–H groups in total. The molecule has 1 aliphatic carbocycles. The lowest BCUT2D eigenvalue weighted by Crippen LogP contribution is -2.58. The topological polar surface area (TPSA) is 81.6 Å².